The minimum atomic E-state index is -0.00928. The van der Waals surface area contributed by atoms with Gasteiger partial charge < -0.3 is 24.5 Å². The van der Waals surface area contributed by atoms with Gasteiger partial charge in [0.05, 0.1) is 19.9 Å². The molecule has 0 saturated heterocycles. The van der Waals surface area contributed by atoms with Gasteiger partial charge in [0, 0.05) is 19.5 Å². The van der Waals surface area contributed by atoms with Crippen LogP contribution in [0.25, 0.3) is 0 Å². The Balaban J connectivity index is 1.49. The molecule has 0 aliphatic carbocycles. The number of benzene rings is 1. The third-order valence-electron chi connectivity index (χ3n) is 3.18. The second-order valence-electron chi connectivity index (χ2n) is 4.88. The van der Waals surface area contributed by atoms with Gasteiger partial charge in [-0.2, -0.15) is 0 Å². The number of methoxy groups -OCH3 is 1. The maximum absolute atomic E-state index is 11.6. The molecule has 0 fully saturated rings. The van der Waals surface area contributed by atoms with E-state index in [1.54, 1.807) is 19.4 Å². The molecule has 124 valence electrons. The number of hydrogen-bond donors (Lipinski definition) is 2. The minimum Gasteiger partial charge on any atom is -0.497 e. The molecule has 0 aliphatic heterocycles. The highest BCUT2D eigenvalue weighted by molar-refractivity contribution is 5.75. The van der Waals surface area contributed by atoms with Crippen LogP contribution in [0.4, 0.5) is 0 Å². The number of nitrogens with one attached hydrogen (secondary N) is 2. The minimum absolute atomic E-state index is 0.00928. The number of carbonyl (C=O) groups is 1. The quantitative estimate of drug-likeness (QED) is 0.655. The van der Waals surface area contributed by atoms with Crippen molar-refractivity contribution in [3.63, 3.8) is 0 Å². The first-order valence-corrected chi connectivity index (χ1v) is 7.54. The molecule has 1 aromatic heterocycles. The summed E-state index contributed by atoms with van der Waals surface area (Å²) in [5.74, 6) is 2.34. The lowest BCUT2D eigenvalue weighted by molar-refractivity contribution is -0.121. The second kappa shape index (κ2) is 9.53. The summed E-state index contributed by atoms with van der Waals surface area (Å²) in [5.41, 5.74) is 0. The molecule has 2 rings (SSSR count). The van der Waals surface area contributed by atoms with Gasteiger partial charge in [-0.15, -0.1) is 0 Å². The molecular weight excluding hydrogens is 296 g/mol. The van der Waals surface area contributed by atoms with Crippen LogP contribution in [0.15, 0.2) is 47.1 Å². The smallest absolute Gasteiger partial charge is 0.221 e. The zero-order chi connectivity index (χ0) is 16.3. The zero-order valence-corrected chi connectivity index (χ0v) is 13.2. The Morgan fingerprint density at radius 2 is 1.91 bits per heavy atom. The van der Waals surface area contributed by atoms with E-state index in [4.69, 9.17) is 13.9 Å². The molecule has 6 heteroatoms. The topological polar surface area (TPSA) is 72.7 Å². The summed E-state index contributed by atoms with van der Waals surface area (Å²) in [5, 5.41) is 5.97. The number of amides is 1. The molecular formula is C17H22N2O4. The van der Waals surface area contributed by atoms with Gasteiger partial charge in [-0.25, -0.2) is 0 Å². The molecule has 6 nitrogen and oxygen atoms in total. The van der Waals surface area contributed by atoms with Crippen molar-refractivity contribution >= 4 is 5.91 Å². The van der Waals surface area contributed by atoms with Crippen LogP contribution in [-0.2, 0) is 11.3 Å². The molecule has 2 aromatic rings. The highest BCUT2D eigenvalue weighted by Gasteiger charge is 2.02. The summed E-state index contributed by atoms with van der Waals surface area (Å²) in [7, 11) is 1.63. The van der Waals surface area contributed by atoms with Crippen molar-refractivity contribution in [2.24, 2.45) is 0 Å². The van der Waals surface area contributed by atoms with E-state index in [0.717, 1.165) is 17.3 Å². The molecule has 0 aliphatic rings. The maximum atomic E-state index is 11.6. The molecule has 23 heavy (non-hydrogen) atoms. The van der Waals surface area contributed by atoms with Crippen molar-refractivity contribution in [2.75, 3.05) is 26.8 Å². The monoisotopic (exact) mass is 318 g/mol. The first-order valence-electron chi connectivity index (χ1n) is 7.54. The maximum Gasteiger partial charge on any atom is 0.221 e. The third kappa shape index (κ3) is 6.44. The van der Waals surface area contributed by atoms with Gasteiger partial charge in [0.1, 0.15) is 23.9 Å². The van der Waals surface area contributed by atoms with Crippen LogP contribution in [-0.4, -0.2) is 32.7 Å². The van der Waals surface area contributed by atoms with Gasteiger partial charge >= 0.3 is 0 Å². The van der Waals surface area contributed by atoms with E-state index in [0.29, 0.717) is 32.7 Å². The van der Waals surface area contributed by atoms with E-state index in [9.17, 15) is 4.79 Å². The Morgan fingerprint density at radius 1 is 1.13 bits per heavy atom. The lowest BCUT2D eigenvalue weighted by Gasteiger charge is -2.08. The predicted molar refractivity (Wildman–Crippen MR) is 86.5 cm³/mol. The Morgan fingerprint density at radius 3 is 2.61 bits per heavy atom. The van der Waals surface area contributed by atoms with Crippen LogP contribution >= 0.6 is 0 Å². The zero-order valence-electron chi connectivity index (χ0n) is 13.2. The van der Waals surface area contributed by atoms with Crippen molar-refractivity contribution in [2.45, 2.75) is 13.0 Å². The number of carbonyl (C=O) groups excluding carboxylic acids is 1. The van der Waals surface area contributed by atoms with Gasteiger partial charge in [-0.3, -0.25) is 4.79 Å². The number of hydrogen-bond acceptors (Lipinski definition) is 5. The lowest BCUT2D eigenvalue weighted by Crippen LogP contribution is -2.29. The van der Waals surface area contributed by atoms with Crippen molar-refractivity contribution < 1.29 is 18.7 Å². The van der Waals surface area contributed by atoms with E-state index in [1.165, 1.54) is 0 Å². The predicted octanol–water partition coefficient (Wildman–Crippen LogP) is 1.96. The average Bonchev–Trinajstić information content (AvgIpc) is 3.10. The fourth-order valence-corrected chi connectivity index (χ4v) is 1.93. The lowest BCUT2D eigenvalue weighted by atomic mass is 10.3. The van der Waals surface area contributed by atoms with Gasteiger partial charge in [0.15, 0.2) is 0 Å². The Bertz CT molecular complexity index is 567. The summed E-state index contributed by atoms with van der Waals surface area (Å²) in [4.78, 5) is 11.6. The van der Waals surface area contributed by atoms with Gasteiger partial charge in [-0.1, -0.05) is 0 Å². The standard InChI is InChI=1S/C17H22N2O4/c1-21-14-4-6-15(7-5-14)23-12-10-18-9-8-17(20)19-13-16-3-2-11-22-16/h2-7,11,18H,8-10,12-13H2,1H3,(H,19,20). The highest BCUT2D eigenvalue weighted by Crippen LogP contribution is 2.16. The molecule has 0 radical (unpaired) electrons. The summed E-state index contributed by atoms with van der Waals surface area (Å²) >= 11 is 0. The first-order chi connectivity index (χ1) is 11.3. The third-order valence-corrected chi connectivity index (χ3v) is 3.18. The van der Waals surface area contributed by atoms with Crippen LogP contribution in [0, 0.1) is 0 Å². The molecule has 0 saturated carbocycles. The van der Waals surface area contributed by atoms with E-state index in [-0.39, 0.29) is 5.91 Å². The van der Waals surface area contributed by atoms with Crippen LogP contribution < -0.4 is 20.1 Å². The molecule has 1 aromatic carbocycles. The number of furan rings is 1. The van der Waals surface area contributed by atoms with Crippen LogP contribution in [0.1, 0.15) is 12.2 Å². The second-order valence-corrected chi connectivity index (χ2v) is 4.88. The first kappa shape index (κ1) is 16.9. The van der Waals surface area contributed by atoms with Gasteiger partial charge in [0.2, 0.25) is 5.91 Å². The van der Waals surface area contributed by atoms with Crippen molar-refractivity contribution in [1.29, 1.82) is 0 Å². The van der Waals surface area contributed by atoms with Crippen LogP contribution in [0.5, 0.6) is 11.5 Å². The summed E-state index contributed by atoms with van der Waals surface area (Å²) in [6, 6.07) is 11.1. The van der Waals surface area contributed by atoms with E-state index < -0.39 is 0 Å². The molecule has 0 unspecified atom stereocenters. The molecule has 2 N–H and O–H groups in total. The van der Waals surface area contributed by atoms with E-state index in [2.05, 4.69) is 10.6 Å². The Hall–Kier alpha value is -2.47. The van der Waals surface area contributed by atoms with Crippen molar-refractivity contribution in [1.82, 2.24) is 10.6 Å². The summed E-state index contributed by atoms with van der Waals surface area (Å²) in [6.07, 6.45) is 2.01. The SMILES string of the molecule is COc1ccc(OCCNCCC(=O)NCc2ccco2)cc1. The summed E-state index contributed by atoms with van der Waals surface area (Å²) < 4.78 is 15.8. The Kier molecular flexibility index (Phi) is 7.00. The molecule has 0 atom stereocenters. The fourth-order valence-electron chi connectivity index (χ4n) is 1.93. The molecule has 1 amide bonds. The average molecular weight is 318 g/mol. The highest BCUT2D eigenvalue weighted by atomic mass is 16.5. The number of ether oxygens (including phenoxy) is 2. The fraction of sp³-hybridized carbons (Fsp3) is 0.353. The molecule has 1 heterocycles. The van der Waals surface area contributed by atoms with Crippen molar-refractivity contribution in [3.8, 4) is 11.5 Å². The summed E-state index contributed by atoms with van der Waals surface area (Å²) in [6.45, 7) is 2.25. The largest absolute Gasteiger partial charge is 0.497 e. The Labute approximate surface area is 135 Å². The van der Waals surface area contributed by atoms with Crippen LogP contribution in [0.3, 0.4) is 0 Å². The van der Waals surface area contributed by atoms with Gasteiger partial charge in [0.25, 0.3) is 0 Å². The van der Waals surface area contributed by atoms with Crippen molar-refractivity contribution in [3.05, 3.63) is 48.4 Å². The van der Waals surface area contributed by atoms with E-state index in [1.807, 2.05) is 30.3 Å². The van der Waals surface area contributed by atoms with Crippen LogP contribution in [0.2, 0.25) is 0 Å². The van der Waals surface area contributed by atoms with E-state index >= 15 is 0 Å². The normalized spacial score (nSPS) is 10.3. The molecule has 0 bridgehead atoms. The number of rotatable bonds is 10. The van der Waals surface area contributed by atoms with Gasteiger partial charge in [-0.05, 0) is 36.4 Å². The molecule has 0 spiro atoms.